The molecule has 4 heteroatoms. The maximum Gasteiger partial charge on any atom is 0.0638 e. The zero-order valence-corrected chi connectivity index (χ0v) is 9.65. The predicted octanol–water partition coefficient (Wildman–Crippen LogP) is 1.38. The van der Waals surface area contributed by atoms with Crippen molar-refractivity contribution < 1.29 is 5.11 Å². The molecule has 1 unspecified atom stereocenters. The molecule has 3 nitrogen and oxygen atoms in total. The predicted molar refractivity (Wildman–Crippen MR) is 61.3 cm³/mol. The Morgan fingerprint density at radius 1 is 1.50 bits per heavy atom. The summed E-state index contributed by atoms with van der Waals surface area (Å²) in [5, 5.41) is 20.4. The van der Waals surface area contributed by atoms with E-state index in [9.17, 15) is 0 Å². The Kier molecular flexibility index (Phi) is 10.7. The highest BCUT2D eigenvalue weighted by atomic mass is 32.2. The number of thioether (sulfide) groups is 1. The summed E-state index contributed by atoms with van der Waals surface area (Å²) in [6.07, 6.45) is 2.48. The number of nitrogens with one attached hydrogen (secondary N) is 1. The molecule has 0 aromatic heterocycles. The lowest BCUT2D eigenvalue weighted by atomic mass is 10.2. The van der Waals surface area contributed by atoms with Crippen LogP contribution in [0.3, 0.4) is 0 Å². The first-order valence-corrected chi connectivity index (χ1v) is 6.29. The number of nitriles is 1. The van der Waals surface area contributed by atoms with Crippen LogP contribution in [0.15, 0.2) is 0 Å². The van der Waals surface area contributed by atoms with Gasteiger partial charge in [-0.05, 0) is 18.6 Å². The molecule has 0 aliphatic rings. The van der Waals surface area contributed by atoms with Gasteiger partial charge in [-0.15, -0.1) is 0 Å². The lowest BCUT2D eigenvalue weighted by molar-refractivity contribution is 0.296. The third-order valence-electron chi connectivity index (χ3n) is 1.96. The van der Waals surface area contributed by atoms with Gasteiger partial charge in [-0.3, -0.25) is 0 Å². The number of aliphatic hydroxyl groups excluding tert-OH is 1. The maximum absolute atomic E-state index is 8.55. The van der Waals surface area contributed by atoms with E-state index in [4.69, 9.17) is 10.4 Å². The van der Waals surface area contributed by atoms with Gasteiger partial charge in [0.25, 0.3) is 0 Å². The second-order valence-electron chi connectivity index (χ2n) is 3.11. The van der Waals surface area contributed by atoms with Gasteiger partial charge in [-0.1, -0.05) is 6.92 Å². The topological polar surface area (TPSA) is 56.0 Å². The summed E-state index contributed by atoms with van der Waals surface area (Å²) in [6.45, 7) is 3.33. The standard InChI is InChI=1S/C10H20N2OS/c1-2-10(4-5-11)12-6-9-14-8-3-7-13/h10,12-13H,2-4,6-9H2,1H3. The normalized spacial score (nSPS) is 12.4. The van der Waals surface area contributed by atoms with Crippen molar-refractivity contribution in [2.45, 2.75) is 32.2 Å². The minimum atomic E-state index is 0.284. The quantitative estimate of drug-likeness (QED) is 0.572. The monoisotopic (exact) mass is 216 g/mol. The van der Waals surface area contributed by atoms with Crippen LogP contribution >= 0.6 is 11.8 Å². The van der Waals surface area contributed by atoms with Gasteiger partial charge < -0.3 is 10.4 Å². The van der Waals surface area contributed by atoms with Crippen LogP contribution in [0.25, 0.3) is 0 Å². The lowest BCUT2D eigenvalue weighted by Crippen LogP contribution is -2.30. The Morgan fingerprint density at radius 2 is 2.29 bits per heavy atom. The zero-order valence-electron chi connectivity index (χ0n) is 8.83. The van der Waals surface area contributed by atoms with E-state index in [1.807, 2.05) is 11.8 Å². The van der Waals surface area contributed by atoms with Crippen LogP contribution in [0.2, 0.25) is 0 Å². The van der Waals surface area contributed by atoms with Crippen LogP contribution < -0.4 is 5.32 Å². The van der Waals surface area contributed by atoms with Crippen molar-refractivity contribution in [2.75, 3.05) is 24.7 Å². The van der Waals surface area contributed by atoms with E-state index in [2.05, 4.69) is 18.3 Å². The molecule has 0 amide bonds. The highest BCUT2D eigenvalue weighted by Gasteiger charge is 2.02. The summed E-state index contributed by atoms with van der Waals surface area (Å²) in [5.74, 6) is 2.08. The summed E-state index contributed by atoms with van der Waals surface area (Å²) in [7, 11) is 0. The van der Waals surface area contributed by atoms with Gasteiger partial charge in [0.05, 0.1) is 12.5 Å². The Labute approximate surface area is 90.9 Å². The molecule has 14 heavy (non-hydrogen) atoms. The number of rotatable bonds is 9. The van der Waals surface area contributed by atoms with Gasteiger partial charge in [0.2, 0.25) is 0 Å². The van der Waals surface area contributed by atoms with Crippen molar-refractivity contribution in [3.8, 4) is 6.07 Å². The van der Waals surface area contributed by atoms with Gasteiger partial charge >= 0.3 is 0 Å². The van der Waals surface area contributed by atoms with Gasteiger partial charge in [-0.2, -0.15) is 17.0 Å². The molecule has 0 fully saturated rings. The van der Waals surface area contributed by atoms with Crippen molar-refractivity contribution >= 4 is 11.8 Å². The zero-order chi connectivity index (χ0) is 10.6. The summed E-state index contributed by atoms with van der Waals surface area (Å²) >= 11 is 1.84. The molecule has 82 valence electrons. The molecule has 1 atom stereocenters. The van der Waals surface area contributed by atoms with Gasteiger partial charge in [-0.25, -0.2) is 0 Å². The van der Waals surface area contributed by atoms with E-state index >= 15 is 0 Å². The molecule has 0 bridgehead atoms. The molecule has 0 aromatic carbocycles. The Hall–Kier alpha value is -0.240. The van der Waals surface area contributed by atoms with Crippen LogP contribution in [0.4, 0.5) is 0 Å². The van der Waals surface area contributed by atoms with E-state index in [1.165, 1.54) is 0 Å². The summed E-state index contributed by atoms with van der Waals surface area (Å²) < 4.78 is 0. The molecule has 0 heterocycles. The molecule has 0 aliphatic heterocycles. The van der Waals surface area contributed by atoms with Crippen LogP contribution in [0.1, 0.15) is 26.2 Å². The Bertz CT molecular complexity index is 159. The van der Waals surface area contributed by atoms with E-state index < -0.39 is 0 Å². The minimum absolute atomic E-state index is 0.284. The fraction of sp³-hybridized carbons (Fsp3) is 0.900. The minimum Gasteiger partial charge on any atom is -0.396 e. The average Bonchev–Trinajstić information content (AvgIpc) is 2.21. The number of hydrogen-bond acceptors (Lipinski definition) is 4. The van der Waals surface area contributed by atoms with Gasteiger partial charge in [0.15, 0.2) is 0 Å². The van der Waals surface area contributed by atoms with Crippen molar-refractivity contribution in [1.29, 1.82) is 5.26 Å². The largest absolute Gasteiger partial charge is 0.396 e. The van der Waals surface area contributed by atoms with Crippen LogP contribution in [-0.2, 0) is 0 Å². The van der Waals surface area contributed by atoms with E-state index in [-0.39, 0.29) is 6.61 Å². The van der Waals surface area contributed by atoms with Crippen molar-refractivity contribution in [2.24, 2.45) is 0 Å². The van der Waals surface area contributed by atoms with Gasteiger partial charge in [0.1, 0.15) is 0 Å². The molecule has 0 rings (SSSR count). The number of aliphatic hydroxyl groups is 1. The first-order valence-electron chi connectivity index (χ1n) is 5.14. The second kappa shape index (κ2) is 10.8. The smallest absolute Gasteiger partial charge is 0.0638 e. The SMILES string of the molecule is CCC(CC#N)NCCSCCCO. The van der Waals surface area contributed by atoms with Gasteiger partial charge in [0, 0.05) is 24.9 Å². The molecule has 0 spiro atoms. The molecule has 0 saturated heterocycles. The van der Waals surface area contributed by atoms with Crippen LogP contribution in [0.5, 0.6) is 0 Å². The van der Waals surface area contributed by atoms with Crippen molar-refractivity contribution in [1.82, 2.24) is 5.32 Å². The van der Waals surface area contributed by atoms with Crippen molar-refractivity contribution in [3.05, 3.63) is 0 Å². The first-order chi connectivity index (χ1) is 6.85. The molecular formula is C10H20N2OS. The first kappa shape index (κ1) is 13.8. The summed E-state index contributed by atoms with van der Waals surface area (Å²) in [5.41, 5.74) is 0. The van der Waals surface area contributed by atoms with Crippen LogP contribution in [-0.4, -0.2) is 35.8 Å². The fourth-order valence-corrected chi connectivity index (χ4v) is 1.87. The highest BCUT2D eigenvalue weighted by Crippen LogP contribution is 2.01. The summed E-state index contributed by atoms with van der Waals surface area (Å²) in [6, 6.07) is 2.52. The fourth-order valence-electron chi connectivity index (χ4n) is 1.07. The summed E-state index contributed by atoms with van der Waals surface area (Å²) in [4.78, 5) is 0. The number of hydrogen-bond donors (Lipinski definition) is 2. The van der Waals surface area contributed by atoms with Crippen LogP contribution in [0, 0.1) is 11.3 Å². The van der Waals surface area contributed by atoms with Crippen molar-refractivity contribution in [3.63, 3.8) is 0 Å². The van der Waals surface area contributed by atoms with E-state index in [0.717, 1.165) is 30.9 Å². The highest BCUT2D eigenvalue weighted by molar-refractivity contribution is 7.99. The maximum atomic E-state index is 8.55. The Balaban J connectivity index is 3.21. The Morgan fingerprint density at radius 3 is 2.86 bits per heavy atom. The molecule has 0 aromatic rings. The second-order valence-corrected chi connectivity index (χ2v) is 4.34. The molecular weight excluding hydrogens is 196 g/mol. The molecule has 0 saturated carbocycles. The molecule has 0 radical (unpaired) electrons. The van der Waals surface area contributed by atoms with E-state index in [0.29, 0.717) is 12.5 Å². The average molecular weight is 216 g/mol. The van der Waals surface area contributed by atoms with E-state index in [1.54, 1.807) is 0 Å². The molecule has 2 N–H and O–H groups in total. The molecule has 0 aliphatic carbocycles. The third-order valence-corrected chi connectivity index (χ3v) is 3.03. The third kappa shape index (κ3) is 8.36. The lowest BCUT2D eigenvalue weighted by Gasteiger charge is -2.12. The number of nitrogens with zero attached hydrogens (tertiary/aromatic N) is 1.